The van der Waals surface area contributed by atoms with Gasteiger partial charge in [0.05, 0.1) is 0 Å². The van der Waals surface area contributed by atoms with Crippen LogP contribution in [0, 0.1) is 6.92 Å². The fraction of sp³-hybridized carbons (Fsp3) is 0.308. The van der Waals surface area contributed by atoms with Gasteiger partial charge in [-0.25, -0.2) is 4.98 Å². The van der Waals surface area contributed by atoms with Gasteiger partial charge in [0.1, 0.15) is 5.82 Å². The van der Waals surface area contributed by atoms with Crippen LogP contribution in [0.15, 0.2) is 30.5 Å². The molecule has 2 heteroatoms. The Kier molecular flexibility index (Phi) is 4.10. The van der Waals surface area contributed by atoms with Crippen molar-refractivity contribution in [3.63, 3.8) is 0 Å². The molecule has 2 aromatic rings. The van der Waals surface area contributed by atoms with E-state index < -0.39 is 0 Å². The molecule has 0 bridgehead atoms. The molecule has 0 saturated heterocycles. The molecular formula is C13H18N2. The maximum Gasteiger partial charge on any atom is 0.133 e. The molecule has 0 radical (unpaired) electrons. The van der Waals surface area contributed by atoms with Gasteiger partial charge < -0.3 is 5.32 Å². The van der Waals surface area contributed by atoms with Gasteiger partial charge in [0.25, 0.3) is 0 Å². The first-order chi connectivity index (χ1) is 7.31. The number of nitrogens with zero attached hydrogens (tertiary/aromatic N) is 1. The summed E-state index contributed by atoms with van der Waals surface area (Å²) in [5.74, 6) is 0.946. The molecule has 0 atom stereocenters. The average molecular weight is 202 g/mol. The van der Waals surface area contributed by atoms with Crippen LogP contribution < -0.4 is 5.32 Å². The number of fused-ring (bicyclic) bond motifs is 1. The number of pyridine rings is 1. The van der Waals surface area contributed by atoms with Gasteiger partial charge in [-0.05, 0) is 24.4 Å². The van der Waals surface area contributed by atoms with Crippen molar-refractivity contribution in [1.29, 1.82) is 0 Å². The van der Waals surface area contributed by atoms with E-state index in [4.69, 9.17) is 0 Å². The van der Waals surface area contributed by atoms with Crippen LogP contribution >= 0.6 is 0 Å². The van der Waals surface area contributed by atoms with E-state index in [0.717, 1.165) is 5.82 Å². The number of nitrogens with one attached hydrogen (secondary N) is 1. The molecular weight excluding hydrogens is 184 g/mol. The molecule has 1 aromatic heterocycles. The highest BCUT2D eigenvalue weighted by atomic mass is 14.9. The van der Waals surface area contributed by atoms with Gasteiger partial charge in [-0.2, -0.15) is 0 Å². The molecule has 80 valence electrons. The van der Waals surface area contributed by atoms with Crippen LogP contribution in [0.4, 0.5) is 5.82 Å². The van der Waals surface area contributed by atoms with Gasteiger partial charge in [-0.15, -0.1) is 0 Å². The number of aromatic nitrogens is 1. The first kappa shape index (κ1) is 11.5. The second-order valence-electron chi connectivity index (χ2n) is 3.13. The highest BCUT2D eigenvalue weighted by Crippen LogP contribution is 2.21. The minimum absolute atomic E-state index is 0.946. The number of benzene rings is 1. The van der Waals surface area contributed by atoms with Crippen LogP contribution in [0.1, 0.15) is 19.4 Å². The van der Waals surface area contributed by atoms with Crippen LogP contribution in [-0.4, -0.2) is 12.0 Å². The van der Waals surface area contributed by atoms with Crippen molar-refractivity contribution in [2.45, 2.75) is 20.8 Å². The van der Waals surface area contributed by atoms with E-state index in [1.165, 1.54) is 16.3 Å². The van der Waals surface area contributed by atoms with Crippen molar-refractivity contribution in [3.8, 4) is 0 Å². The fourth-order valence-corrected chi connectivity index (χ4v) is 1.48. The van der Waals surface area contributed by atoms with Gasteiger partial charge in [-0.1, -0.05) is 31.5 Å². The van der Waals surface area contributed by atoms with Gasteiger partial charge in [-0.3, -0.25) is 0 Å². The minimum Gasteiger partial charge on any atom is -0.373 e. The van der Waals surface area contributed by atoms with Gasteiger partial charge in [0, 0.05) is 18.6 Å². The second kappa shape index (κ2) is 5.35. The number of hydrogen-bond donors (Lipinski definition) is 1. The zero-order valence-electron chi connectivity index (χ0n) is 9.83. The lowest BCUT2D eigenvalue weighted by atomic mass is 10.1. The Hall–Kier alpha value is -1.57. The Morgan fingerprint density at radius 3 is 2.53 bits per heavy atom. The maximum atomic E-state index is 4.26. The molecule has 0 fully saturated rings. The number of rotatable bonds is 1. The molecule has 1 N–H and O–H groups in total. The van der Waals surface area contributed by atoms with Crippen LogP contribution in [0.2, 0.25) is 0 Å². The topological polar surface area (TPSA) is 24.9 Å². The van der Waals surface area contributed by atoms with E-state index in [0.29, 0.717) is 0 Å². The summed E-state index contributed by atoms with van der Waals surface area (Å²) in [5, 5.41) is 5.50. The predicted octanol–water partition coefficient (Wildman–Crippen LogP) is 3.61. The minimum atomic E-state index is 0.946. The summed E-state index contributed by atoms with van der Waals surface area (Å²) in [6.07, 6.45) is 1.82. The van der Waals surface area contributed by atoms with Gasteiger partial charge >= 0.3 is 0 Å². The third-order valence-electron chi connectivity index (χ3n) is 2.16. The van der Waals surface area contributed by atoms with E-state index in [9.17, 15) is 0 Å². The maximum absolute atomic E-state index is 4.26. The Balaban J connectivity index is 0.000000531. The van der Waals surface area contributed by atoms with E-state index in [2.05, 4.69) is 35.4 Å². The van der Waals surface area contributed by atoms with E-state index >= 15 is 0 Å². The molecule has 2 rings (SSSR count). The average Bonchev–Trinajstić information content (AvgIpc) is 2.31. The zero-order chi connectivity index (χ0) is 11.3. The molecule has 0 unspecified atom stereocenters. The standard InChI is InChI=1S/C11H12N2.C2H6/c1-8-3-4-9-5-6-13-11(12-2)10(9)7-8;1-2/h3-7H,1-2H3,(H,12,13);1-2H3. The van der Waals surface area contributed by atoms with Gasteiger partial charge in [0.15, 0.2) is 0 Å². The highest BCUT2D eigenvalue weighted by molar-refractivity contribution is 5.92. The van der Waals surface area contributed by atoms with Crippen molar-refractivity contribution in [2.24, 2.45) is 0 Å². The largest absolute Gasteiger partial charge is 0.373 e. The van der Waals surface area contributed by atoms with Crippen LogP contribution in [0.25, 0.3) is 10.8 Å². The lowest BCUT2D eigenvalue weighted by molar-refractivity contribution is 1.31. The van der Waals surface area contributed by atoms with Crippen molar-refractivity contribution < 1.29 is 0 Å². The summed E-state index contributed by atoms with van der Waals surface area (Å²) in [7, 11) is 1.89. The lowest BCUT2D eigenvalue weighted by Crippen LogP contribution is -1.92. The molecule has 0 aliphatic rings. The summed E-state index contributed by atoms with van der Waals surface area (Å²) in [5.41, 5.74) is 1.26. The van der Waals surface area contributed by atoms with E-state index in [-0.39, 0.29) is 0 Å². The van der Waals surface area contributed by atoms with Crippen LogP contribution in [-0.2, 0) is 0 Å². The summed E-state index contributed by atoms with van der Waals surface area (Å²) >= 11 is 0. The molecule has 0 amide bonds. The third-order valence-corrected chi connectivity index (χ3v) is 2.16. The molecule has 0 spiro atoms. The molecule has 0 aliphatic carbocycles. The molecule has 15 heavy (non-hydrogen) atoms. The Bertz CT molecular complexity index is 435. The lowest BCUT2D eigenvalue weighted by Gasteiger charge is -2.04. The summed E-state index contributed by atoms with van der Waals surface area (Å²) in [4.78, 5) is 4.26. The quantitative estimate of drug-likeness (QED) is 0.764. The number of hydrogen-bond acceptors (Lipinski definition) is 2. The first-order valence-corrected chi connectivity index (χ1v) is 5.34. The normalized spacial score (nSPS) is 9.33. The SMILES string of the molecule is CC.CNc1nccc2ccc(C)cc12. The van der Waals surface area contributed by atoms with E-state index in [1.807, 2.05) is 33.2 Å². The molecule has 0 aliphatic heterocycles. The molecule has 2 nitrogen and oxygen atoms in total. The summed E-state index contributed by atoms with van der Waals surface area (Å²) < 4.78 is 0. The van der Waals surface area contributed by atoms with Crippen molar-refractivity contribution in [2.75, 3.05) is 12.4 Å². The Labute approximate surface area is 91.3 Å². The van der Waals surface area contributed by atoms with Gasteiger partial charge in [0.2, 0.25) is 0 Å². The molecule has 0 saturated carbocycles. The smallest absolute Gasteiger partial charge is 0.133 e. The Morgan fingerprint density at radius 2 is 1.87 bits per heavy atom. The number of anilines is 1. The summed E-state index contributed by atoms with van der Waals surface area (Å²) in [6.45, 7) is 6.09. The van der Waals surface area contributed by atoms with Crippen molar-refractivity contribution in [1.82, 2.24) is 4.98 Å². The first-order valence-electron chi connectivity index (χ1n) is 5.34. The summed E-state index contributed by atoms with van der Waals surface area (Å²) in [6, 6.07) is 8.40. The second-order valence-corrected chi connectivity index (χ2v) is 3.13. The van der Waals surface area contributed by atoms with Crippen molar-refractivity contribution >= 4 is 16.6 Å². The predicted molar refractivity (Wildman–Crippen MR) is 67.4 cm³/mol. The number of aryl methyl sites for hydroxylation is 1. The van der Waals surface area contributed by atoms with E-state index in [1.54, 1.807) is 0 Å². The zero-order valence-corrected chi connectivity index (χ0v) is 9.83. The van der Waals surface area contributed by atoms with Crippen molar-refractivity contribution in [3.05, 3.63) is 36.0 Å². The highest BCUT2D eigenvalue weighted by Gasteiger charge is 1.99. The monoisotopic (exact) mass is 202 g/mol. The Morgan fingerprint density at radius 1 is 1.13 bits per heavy atom. The van der Waals surface area contributed by atoms with Crippen LogP contribution in [0.5, 0.6) is 0 Å². The fourth-order valence-electron chi connectivity index (χ4n) is 1.48. The molecule has 1 heterocycles. The third kappa shape index (κ3) is 2.46. The molecule has 1 aromatic carbocycles. The van der Waals surface area contributed by atoms with Crippen LogP contribution in [0.3, 0.4) is 0 Å².